The second kappa shape index (κ2) is 11.6. The van der Waals surface area contributed by atoms with Crippen molar-refractivity contribution >= 4 is 56.9 Å². The molecule has 10 heteroatoms. The van der Waals surface area contributed by atoms with Crippen LogP contribution in [0.4, 0.5) is 0 Å². The van der Waals surface area contributed by atoms with E-state index in [2.05, 4.69) is 10.5 Å². The molecule has 0 heterocycles. The van der Waals surface area contributed by atoms with Crippen LogP contribution >= 0.6 is 34.8 Å². The smallest absolute Gasteiger partial charge is 0.255 e. The zero-order valence-electron chi connectivity index (χ0n) is 17.3. The topological polar surface area (TPSA) is 78.8 Å². The van der Waals surface area contributed by atoms with Gasteiger partial charge >= 0.3 is 0 Å². The summed E-state index contributed by atoms with van der Waals surface area (Å²) in [5.41, 5.74) is 3.80. The molecule has 0 saturated heterocycles. The fourth-order valence-corrected chi connectivity index (χ4v) is 4.81. The Hall–Kier alpha value is -2.42. The summed E-state index contributed by atoms with van der Waals surface area (Å²) in [7, 11) is -3.95. The van der Waals surface area contributed by atoms with E-state index in [-0.39, 0.29) is 11.4 Å². The number of amides is 1. The predicted molar refractivity (Wildman–Crippen MR) is 133 cm³/mol. The molecule has 6 nitrogen and oxygen atoms in total. The van der Waals surface area contributed by atoms with Crippen LogP contribution in [-0.4, -0.2) is 37.9 Å². The van der Waals surface area contributed by atoms with E-state index in [0.29, 0.717) is 27.1 Å². The van der Waals surface area contributed by atoms with Crippen molar-refractivity contribution in [1.82, 2.24) is 9.73 Å². The quantitative estimate of drug-likeness (QED) is 0.315. The van der Waals surface area contributed by atoms with Gasteiger partial charge in [0.1, 0.15) is 0 Å². The van der Waals surface area contributed by atoms with Crippen molar-refractivity contribution in [3.8, 4) is 0 Å². The van der Waals surface area contributed by atoms with Crippen molar-refractivity contribution < 1.29 is 13.2 Å². The van der Waals surface area contributed by atoms with Crippen LogP contribution in [-0.2, 0) is 21.2 Å². The van der Waals surface area contributed by atoms with Crippen LogP contribution in [0.3, 0.4) is 0 Å². The first kappa shape index (κ1) is 25.2. The predicted octanol–water partition coefficient (Wildman–Crippen LogP) is 5.03. The Labute approximate surface area is 207 Å². The Morgan fingerprint density at radius 1 is 0.939 bits per heavy atom. The van der Waals surface area contributed by atoms with Gasteiger partial charge in [0.25, 0.3) is 5.91 Å². The number of sulfonamides is 1. The highest BCUT2D eigenvalue weighted by atomic mass is 35.5. The van der Waals surface area contributed by atoms with Gasteiger partial charge in [-0.15, -0.1) is 0 Å². The number of hydrogen-bond acceptors (Lipinski definition) is 4. The first-order valence-corrected chi connectivity index (χ1v) is 12.4. The Kier molecular flexibility index (Phi) is 8.88. The average molecular weight is 525 g/mol. The second-order valence-electron chi connectivity index (χ2n) is 6.96. The molecule has 0 saturated carbocycles. The van der Waals surface area contributed by atoms with Gasteiger partial charge in [-0.05, 0) is 42.3 Å². The van der Waals surface area contributed by atoms with E-state index in [1.165, 1.54) is 30.5 Å². The molecule has 33 heavy (non-hydrogen) atoms. The molecule has 0 atom stereocenters. The molecule has 0 radical (unpaired) electrons. The molecule has 0 unspecified atom stereocenters. The number of hydrazone groups is 1. The van der Waals surface area contributed by atoms with E-state index in [1.54, 1.807) is 18.2 Å². The second-order valence-corrected chi connectivity index (χ2v) is 10.1. The third kappa shape index (κ3) is 7.03. The lowest BCUT2D eigenvalue weighted by Gasteiger charge is -2.21. The van der Waals surface area contributed by atoms with Gasteiger partial charge in [-0.1, -0.05) is 77.3 Å². The van der Waals surface area contributed by atoms with Gasteiger partial charge in [-0.25, -0.2) is 13.8 Å². The summed E-state index contributed by atoms with van der Waals surface area (Å²) >= 11 is 18.0. The molecular weight excluding hydrogens is 505 g/mol. The van der Waals surface area contributed by atoms with Crippen molar-refractivity contribution in [3.63, 3.8) is 0 Å². The molecule has 3 rings (SSSR count). The van der Waals surface area contributed by atoms with Crippen LogP contribution in [0.1, 0.15) is 11.1 Å². The third-order valence-corrected chi connectivity index (χ3v) is 7.58. The number of hydrogen-bond donors (Lipinski definition) is 1. The molecule has 3 aromatic carbocycles. The largest absolute Gasteiger partial charge is 0.272 e. The molecule has 0 spiro atoms. The Morgan fingerprint density at radius 2 is 1.64 bits per heavy atom. The number of carbonyl (C=O) groups is 1. The molecule has 172 valence electrons. The maximum absolute atomic E-state index is 13.2. The Bertz CT molecular complexity index is 1230. The lowest BCUT2D eigenvalue weighted by Crippen LogP contribution is -2.40. The molecule has 0 fully saturated rings. The maximum atomic E-state index is 13.2. The van der Waals surface area contributed by atoms with Crippen LogP contribution < -0.4 is 5.43 Å². The van der Waals surface area contributed by atoms with Gasteiger partial charge in [-0.2, -0.15) is 9.41 Å². The third-order valence-electron chi connectivity index (χ3n) is 4.64. The van der Waals surface area contributed by atoms with Crippen LogP contribution in [0.5, 0.6) is 0 Å². The normalized spacial score (nSPS) is 11.8. The zero-order chi connectivity index (χ0) is 23.8. The van der Waals surface area contributed by atoms with Gasteiger partial charge < -0.3 is 0 Å². The van der Waals surface area contributed by atoms with Gasteiger partial charge in [0.2, 0.25) is 10.0 Å². The van der Waals surface area contributed by atoms with Crippen molar-refractivity contribution in [2.75, 3.05) is 13.1 Å². The van der Waals surface area contributed by atoms with Crippen LogP contribution in [0.2, 0.25) is 15.1 Å². The fourth-order valence-electron chi connectivity index (χ4n) is 2.93. The molecule has 1 N–H and O–H groups in total. The molecular formula is C23H20Cl3N3O3S. The molecule has 0 aliphatic rings. The summed E-state index contributed by atoms with van der Waals surface area (Å²) in [6, 6.07) is 20.2. The minimum Gasteiger partial charge on any atom is -0.272 e. The highest BCUT2D eigenvalue weighted by molar-refractivity contribution is 7.89. The summed E-state index contributed by atoms with van der Waals surface area (Å²) < 4.78 is 27.5. The number of halogens is 3. The summed E-state index contributed by atoms with van der Waals surface area (Å²) in [5, 5.41) is 4.94. The molecule has 0 bridgehead atoms. The van der Waals surface area contributed by atoms with E-state index in [1.807, 2.05) is 30.3 Å². The van der Waals surface area contributed by atoms with E-state index >= 15 is 0 Å². The first-order chi connectivity index (χ1) is 15.8. The molecule has 0 aliphatic carbocycles. The number of benzene rings is 3. The lowest BCUT2D eigenvalue weighted by atomic mass is 10.1. The van der Waals surface area contributed by atoms with Crippen molar-refractivity contribution in [2.24, 2.45) is 5.10 Å². The highest BCUT2D eigenvalue weighted by Gasteiger charge is 2.26. The van der Waals surface area contributed by atoms with E-state index in [9.17, 15) is 13.2 Å². The van der Waals surface area contributed by atoms with Gasteiger partial charge in [-0.3, -0.25) is 4.79 Å². The maximum Gasteiger partial charge on any atom is 0.255 e. The molecule has 1 amide bonds. The Morgan fingerprint density at radius 3 is 2.33 bits per heavy atom. The SMILES string of the molecule is O=C(CN(CCc1ccccc1)S(=O)(=O)c1ccc(Cl)cc1)N/N=C/c1cccc(Cl)c1Cl. The summed E-state index contributed by atoms with van der Waals surface area (Å²) in [6.07, 6.45) is 1.77. The number of nitrogens with one attached hydrogen (secondary N) is 1. The van der Waals surface area contributed by atoms with Gasteiger partial charge in [0.05, 0.1) is 27.7 Å². The number of rotatable bonds is 9. The van der Waals surface area contributed by atoms with Crippen LogP contribution in [0.25, 0.3) is 0 Å². The fraction of sp³-hybridized carbons (Fsp3) is 0.130. The van der Waals surface area contributed by atoms with Crippen molar-refractivity contribution in [3.05, 3.63) is 99.0 Å². The molecule has 0 aromatic heterocycles. The van der Waals surface area contributed by atoms with E-state index in [4.69, 9.17) is 34.8 Å². The summed E-state index contributed by atoms with van der Waals surface area (Å²) in [6.45, 7) is -0.315. The number of carbonyl (C=O) groups excluding carboxylic acids is 1. The molecule has 0 aliphatic heterocycles. The van der Waals surface area contributed by atoms with Crippen LogP contribution in [0, 0.1) is 0 Å². The summed E-state index contributed by atoms with van der Waals surface area (Å²) in [4.78, 5) is 12.6. The first-order valence-electron chi connectivity index (χ1n) is 9.83. The summed E-state index contributed by atoms with van der Waals surface area (Å²) in [5.74, 6) is -0.602. The minimum atomic E-state index is -3.95. The van der Waals surface area contributed by atoms with Gasteiger partial charge in [0, 0.05) is 17.1 Å². The Balaban J connectivity index is 1.75. The van der Waals surface area contributed by atoms with E-state index < -0.39 is 22.5 Å². The average Bonchev–Trinajstić information content (AvgIpc) is 2.80. The lowest BCUT2D eigenvalue weighted by molar-refractivity contribution is -0.121. The minimum absolute atomic E-state index is 0.0435. The van der Waals surface area contributed by atoms with Crippen LogP contribution in [0.15, 0.2) is 82.8 Å². The molecule has 3 aromatic rings. The van der Waals surface area contributed by atoms with Crippen molar-refractivity contribution in [2.45, 2.75) is 11.3 Å². The highest BCUT2D eigenvalue weighted by Crippen LogP contribution is 2.24. The van der Waals surface area contributed by atoms with E-state index in [0.717, 1.165) is 9.87 Å². The monoisotopic (exact) mass is 523 g/mol. The van der Waals surface area contributed by atoms with Gasteiger partial charge in [0.15, 0.2) is 0 Å². The standard InChI is InChI=1S/C23H20Cl3N3O3S/c24-19-9-11-20(12-10-19)33(31,32)29(14-13-17-5-2-1-3-6-17)16-22(30)28-27-15-18-7-4-8-21(25)23(18)26/h1-12,15H,13-14,16H2,(H,28,30)/b27-15+. The number of nitrogens with zero attached hydrogens (tertiary/aromatic N) is 2. The zero-order valence-corrected chi connectivity index (χ0v) is 20.4. The van der Waals surface area contributed by atoms with Crippen molar-refractivity contribution in [1.29, 1.82) is 0 Å².